The summed E-state index contributed by atoms with van der Waals surface area (Å²) in [7, 11) is 1.70. The zero-order valence-electron chi connectivity index (χ0n) is 16.6. The number of carbonyl (C=O) groups excluding carboxylic acids is 1. The molecule has 7 heteroatoms. The Morgan fingerprint density at radius 2 is 1.86 bits per heavy atom. The Morgan fingerprint density at radius 3 is 2.55 bits per heavy atom. The van der Waals surface area contributed by atoms with Crippen LogP contribution >= 0.6 is 0 Å². The molecule has 0 spiro atoms. The van der Waals surface area contributed by atoms with E-state index in [0.29, 0.717) is 36.8 Å². The summed E-state index contributed by atoms with van der Waals surface area (Å²) in [6.45, 7) is 4.70. The Hall–Kier alpha value is -3.35. The van der Waals surface area contributed by atoms with Crippen LogP contribution in [0.3, 0.4) is 0 Å². The summed E-state index contributed by atoms with van der Waals surface area (Å²) in [4.78, 5) is 14.2. The second-order valence-corrected chi connectivity index (χ2v) is 6.65. The molecule has 0 saturated carbocycles. The quantitative estimate of drug-likeness (QED) is 0.570. The first-order chi connectivity index (χ1) is 13.9. The van der Waals surface area contributed by atoms with Crippen molar-refractivity contribution in [3.8, 4) is 11.5 Å². The van der Waals surface area contributed by atoms with Gasteiger partial charge in [-0.3, -0.25) is 4.79 Å². The van der Waals surface area contributed by atoms with Gasteiger partial charge in [-0.1, -0.05) is 11.2 Å². The van der Waals surface area contributed by atoms with E-state index in [1.807, 2.05) is 13.8 Å². The third-order valence-electron chi connectivity index (χ3n) is 4.50. The Morgan fingerprint density at radius 1 is 1.10 bits per heavy atom. The minimum Gasteiger partial charge on any atom is -0.492 e. The van der Waals surface area contributed by atoms with E-state index in [9.17, 15) is 9.18 Å². The predicted molar refractivity (Wildman–Crippen MR) is 106 cm³/mol. The average molecular weight is 398 g/mol. The second kappa shape index (κ2) is 9.23. The fraction of sp³-hybridized carbons (Fsp3) is 0.273. The molecule has 1 heterocycles. The Bertz CT molecular complexity index is 950. The van der Waals surface area contributed by atoms with Gasteiger partial charge in [-0.2, -0.15) is 0 Å². The molecule has 1 aromatic heterocycles. The van der Waals surface area contributed by atoms with Crippen molar-refractivity contribution >= 4 is 5.91 Å². The van der Waals surface area contributed by atoms with Gasteiger partial charge in [0.1, 0.15) is 36.3 Å². The van der Waals surface area contributed by atoms with Crippen LogP contribution in [-0.2, 0) is 6.61 Å². The molecule has 6 nitrogen and oxygen atoms in total. The number of aryl methyl sites for hydroxylation is 2. The molecular weight excluding hydrogens is 375 g/mol. The van der Waals surface area contributed by atoms with Gasteiger partial charge >= 0.3 is 0 Å². The normalized spacial score (nSPS) is 10.6. The van der Waals surface area contributed by atoms with Crippen molar-refractivity contribution in [3.63, 3.8) is 0 Å². The van der Waals surface area contributed by atoms with E-state index >= 15 is 0 Å². The minimum absolute atomic E-state index is 0.143. The van der Waals surface area contributed by atoms with Crippen LogP contribution in [-0.4, -0.2) is 36.2 Å². The van der Waals surface area contributed by atoms with E-state index in [4.69, 9.17) is 14.0 Å². The Balaban J connectivity index is 1.54. The molecule has 3 aromatic rings. The smallest absolute Gasteiger partial charge is 0.253 e. The van der Waals surface area contributed by atoms with Gasteiger partial charge in [0.25, 0.3) is 5.91 Å². The number of nitrogens with zero attached hydrogens (tertiary/aromatic N) is 2. The van der Waals surface area contributed by atoms with Crippen LogP contribution in [0.4, 0.5) is 4.39 Å². The molecule has 0 radical (unpaired) electrons. The Kier molecular flexibility index (Phi) is 6.49. The number of benzene rings is 2. The van der Waals surface area contributed by atoms with E-state index in [-0.39, 0.29) is 11.7 Å². The van der Waals surface area contributed by atoms with Crippen LogP contribution in [0.5, 0.6) is 11.5 Å². The maximum Gasteiger partial charge on any atom is 0.253 e. The van der Waals surface area contributed by atoms with Gasteiger partial charge in [-0.25, -0.2) is 4.39 Å². The number of amides is 1. The van der Waals surface area contributed by atoms with E-state index in [2.05, 4.69) is 5.16 Å². The number of ether oxygens (including phenoxy) is 2. The van der Waals surface area contributed by atoms with Crippen molar-refractivity contribution in [2.45, 2.75) is 20.5 Å². The predicted octanol–water partition coefficient (Wildman–Crippen LogP) is 4.16. The summed E-state index contributed by atoms with van der Waals surface area (Å²) in [5.74, 6) is 1.40. The van der Waals surface area contributed by atoms with Crippen molar-refractivity contribution in [3.05, 3.63) is 76.9 Å². The van der Waals surface area contributed by atoms with Gasteiger partial charge < -0.3 is 18.9 Å². The molecule has 0 unspecified atom stereocenters. The largest absolute Gasteiger partial charge is 0.492 e. The molecule has 0 aliphatic heterocycles. The zero-order valence-corrected chi connectivity index (χ0v) is 16.6. The summed E-state index contributed by atoms with van der Waals surface area (Å²) in [5, 5.41) is 3.91. The number of hydrogen-bond acceptors (Lipinski definition) is 5. The van der Waals surface area contributed by atoms with Gasteiger partial charge in [0, 0.05) is 12.6 Å². The van der Waals surface area contributed by atoms with Crippen LogP contribution in [0.15, 0.2) is 53.1 Å². The molecule has 2 aromatic carbocycles. The third kappa shape index (κ3) is 5.34. The number of hydrogen-bond donors (Lipinski definition) is 0. The number of likely N-dealkylation sites (N-methyl/N-ethyl adjacent to an activating group) is 1. The third-order valence-corrected chi connectivity index (χ3v) is 4.50. The number of halogens is 1. The van der Waals surface area contributed by atoms with Gasteiger partial charge in [0.15, 0.2) is 0 Å². The molecule has 3 rings (SSSR count). The van der Waals surface area contributed by atoms with Crippen LogP contribution < -0.4 is 9.47 Å². The number of rotatable bonds is 8. The number of aromatic nitrogens is 1. The standard InChI is InChI=1S/C22H23FN2O4/c1-15-21(16(2)29-24-15)14-28-20-6-4-5-17(13-20)22(26)25(3)11-12-27-19-9-7-18(23)8-10-19/h4-10,13H,11-12,14H2,1-3H3. The fourth-order valence-electron chi connectivity index (χ4n) is 2.74. The lowest BCUT2D eigenvalue weighted by atomic mass is 10.2. The van der Waals surface area contributed by atoms with E-state index in [1.165, 1.54) is 12.1 Å². The topological polar surface area (TPSA) is 64.8 Å². The van der Waals surface area contributed by atoms with Crippen LogP contribution in [0.2, 0.25) is 0 Å². The van der Waals surface area contributed by atoms with Crippen molar-refractivity contribution in [1.82, 2.24) is 10.1 Å². The van der Waals surface area contributed by atoms with Crippen LogP contribution in [0.25, 0.3) is 0 Å². The highest BCUT2D eigenvalue weighted by Crippen LogP contribution is 2.19. The SMILES string of the molecule is Cc1noc(C)c1COc1cccc(C(=O)N(C)CCOc2ccc(F)cc2)c1. The zero-order chi connectivity index (χ0) is 20.8. The van der Waals surface area contributed by atoms with Gasteiger partial charge in [0.2, 0.25) is 0 Å². The molecule has 0 aliphatic carbocycles. The van der Waals surface area contributed by atoms with E-state index in [0.717, 1.165) is 17.0 Å². The summed E-state index contributed by atoms with van der Waals surface area (Å²) < 4.78 is 29.4. The van der Waals surface area contributed by atoms with Crippen molar-refractivity contribution < 1.29 is 23.2 Å². The molecule has 1 amide bonds. The monoisotopic (exact) mass is 398 g/mol. The molecule has 0 aliphatic rings. The van der Waals surface area contributed by atoms with Crippen molar-refractivity contribution in [1.29, 1.82) is 0 Å². The molecule has 0 saturated heterocycles. The minimum atomic E-state index is -0.318. The highest BCUT2D eigenvalue weighted by atomic mass is 19.1. The first-order valence-corrected chi connectivity index (χ1v) is 9.22. The highest BCUT2D eigenvalue weighted by molar-refractivity contribution is 5.94. The highest BCUT2D eigenvalue weighted by Gasteiger charge is 2.14. The first-order valence-electron chi connectivity index (χ1n) is 9.22. The molecule has 0 bridgehead atoms. The molecule has 0 atom stereocenters. The lowest BCUT2D eigenvalue weighted by Gasteiger charge is -2.18. The molecule has 152 valence electrons. The van der Waals surface area contributed by atoms with Crippen molar-refractivity contribution in [2.75, 3.05) is 20.2 Å². The van der Waals surface area contributed by atoms with Gasteiger partial charge in [0.05, 0.1) is 17.8 Å². The maximum absolute atomic E-state index is 12.9. The van der Waals surface area contributed by atoms with Crippen LogP contribution in [0, 0.1) is 19.7 Å². The first kappa shape index (κ1) is 20.4. The van der Waals surface area contributed by atoms with E-state index in [1.54, 1.807) is 48.3 Å². The summed E-state index contributed by atoms with van der Waals surface area (Å²) in [5.41, 5.74) is 2.21. The average Bonchev–Trinajstić information content (AvgIpc) is 3.05. The molecular formula is C22H23FN2O4. The lowest BCUT2D eigenvalue weighted by Crippen LogP contribution is -2.30. The van der Waals surface area contributed by atoms with Crippen molar-refractivity contribution in [2.24, 2.45) is 0 Å². The number of carbonyl (C=O) groups is 1. The second-order valence-electron chi connectivity index (χ2n) is 6.65. The van der Waals surface area contributed by atoms with E-state index < -0.39 is 0 Å². The molecule has 0 fully saturated rings. The van der Waals surface area contributed by atoms with Crippen LogP contribution in [0.1, 0.15) is 27.4 Å². The molecule has 0 N–H and O–H groups in total. The summed E-state index contributed by atoms with van der Waals surface area (Å²) in [6, 6.07) is 12.8. The van der Waals surface area contributed by atoms with Gasteiger partial charge in [-0.05, 0) is 56.3 Å². The maximum atomic E-state index is 12.9. The summed E-state index contributed by atoms with van der Waals surface area (Å²) >= 11 is 0. The summed E-state index contributed by atoms with van der Waals surface area (Å²) in [6.07, 6.45) is 0. The molecule has 29 heavy (non-hydrogen) atoms. The fourth-order valence-corrected chi connectivity index (χ4v) is 2.74. The van der Waals surface area contributed by atoms with Gasteiger partial charge in [-0.15, -0.1) is 0 Å². The lowest BCUT2D eigenvalue weighted by molar-refractivity contribution is 0.0773. The Labute approximate surface area is 168 Å².